The molecule has 0 unspecified atom stereocenters. The lowest BCUT2D eigenvalue weighted by atomic mass is 10.2. The summed E-state index contributed by atoms with van der Waals surface area (Å²) in [6.07, 6.45) is 2.81. The maximum atomic E-state index is 10.8. The Morgan fingerprint density at radius 1 is 1.54 bits per heavy atom. The van der Waals surface area contributed by atoms with Gasteiger partial charge in [-0.15, -0.1) is 0 Å². The van der Waals surface area contributed by atoms with Gasteiger partial charge in [0.2, 0.25) is 0 Å². The summed E-state index contributed by atoms with van der Waals surface area (Å²) in [7, 11) is 0. The highest BCUT2D eigenvalue weighted by Crippen LogP contribution is 2.22. The number of nitrogens with zero attached hydrogens (tertiary/aromatic N) is 1. The minimum atomic E-state index is -0.639. The lowest BCUT2D eigenvalue weighted by Crippen LogP contribution is -2.12. The Morgan fingerprint density at radius 2 is 2.38 bits per heavy atom. The number of primary amides is 1. The minimum absolute atomic E-state index is 0.0787. The van der Waals surface area contributed by atoms with Gasteiger partial charge in [-0.2, -0.15) is 0 Å². The molecule has 66 valence electrons. The largest absolute Gasteiger partial charge is 0.464 e. The van der Waals surface area contributed by atoms with Gasteiger partial charge in [-0.25, -0.2) is 0 Å². The normalized spacial score (nSPS) is 10.2. The average molecular weight is 178 g/mol. The molecule has 2 heterocycles. The summed E-state index contributed by atoms with van der Waals surface area (Å²) in [6, 6.07) is 3.39. The number of hydrogen-bond acceptors (Lipinski definition) is 4. The molecular formula is C8H6N2O3. The molecule has 0 spiro atoms. The third-order valence-electron chi connectivity index (χ3n) is 1.59. The van der Waals surface area contributed by atoms with Crippen molar-refractivity contribution in [1.29, 1.82) is 0 Å². The van der Waals surface area contributed by atoms with E-state index in [9.17, 15) is 4.79 Å². The van der Waals surface area contributed by atoms with Crippen molar-refractivity contribution in [3.63, 3.8) is 0 Å². The van der Waals surface area contributed by atoms with E-state index in [-0.39, 0.29) is 5.69 Å². The molecule has 2 rings (SSSR count). The summed E-state index contributed by atoms with van der Waals surface area (Å²) in [5.74, 6) is -0.129. The van der Waals surface area contributed by atoms with Gasteiger partial charge < -0.3 is 14.7 Å². The van der Waals surface area contributed by atoms with Crippen LogP contribution >= 0.6 is 0 Å². The number of rotatable bonds is 2. The maximum Gasteiger partial charge on any atom is 0.271 e. The molecule has 0 aliphatic rings. The van der Waals surface area contributed by atoms with Crippen LogP contribution in [0.2, 0.25) is 0 Å². The predicted molar refractivity (Wildman–Crippen MR) is 42.7 cm³/mol. The van der Waals surface area contributed by atoms with Crippen molar-refractivity contribution in [1.82, 2.24) is 5.16 Å². The van der Waals surface area contributed by atoms with Crippen LogP contribution < -0.4 is 5.73 Å². The van der Waals surface area contributed by atoms with Gasteiger partial charge in [0.15, 0.2) is 5.69 Å². The Balaban J connectivity index is 2.52. The van der Waals surface area contributed by atoms with Crippen molar-refractivity contribution in [3.8, 4) is 11.3 Å². The highest BCUT2D eigenvalue weighted by molar-refractivity contribution is 5.96. The smallest absolute Gasteiger partial charge is 0.271 e. The van der Waals surface area contributed by atoms with Crippen LogP contribution in [0.3, 0.4) is 0 Å². The van der Waals surface area contributed by atoms with Crippen molar-refractivity contribution in [2.75, 3.05) is 0 Å². The topological polar surface area (TPSA) is 82.3 Å². The first-order valence-corrected chi connectivity index (χ1v) is 3.57. The van der Waals surface area contributed by atoms with E-state index < -0.39 is 5.91 Å². The van der Waals surface area contributed by atoms with E-state index in [4.69, 9.17) is 10.2 Å². The Hall–Kier alpha value is -2.04. The number of carbonyl (C=O) groups is 1. The highest BCUT2D eigenvalue weighted by atomic mass is 16.5. The Bertz CT molecular complexity index is 416. The van der Waals surface area contributed by atoms with Crippen molar-refractivity contribution in [2.45, 2.75) is 0 Å². The van der Waals surface area contributed by atoms with E-state index in [1.807, 2.05) is 0 Å². The number of nitrogens with two attached hydrogens (primary N) is 1. The van der Waals surface area contributed by atoms with Gasteiger partial charge >= 0.3 is 0 Å². The van der Waals surface area contributed by atoms with E-state index >= 15 is 0 Å². The zero-order chi connectivity index (χ0) is 9.26. The lowest BCUT2D eigenvalue weighted by molar-refractivity contribution is 0.0992. The minimum Gasteiger partial charge on any atom is -0.464 e. The van der Waals surface area contributed by atoms with Gasteiger partial charge in [0, 0.05) is 0 Å². The summed E-state index contributed by atoms with van der Waals surface area (Å²) >= 11 is 0. The Morgan fingerprint density at radius 3 is 3.00 bits per heavy atom. The van der Waals surface area contributed by atoms with Gasteiger partial charge in [0.1, 0.15) is 12.0 Å². The van der Waals surface area contributed by atoms with Crippen LogP contribution in [0.25, 0.3) is 11.3 Å². The van der Waals surface area contributed by atoms with Gasteiger partial charge in [0.05, 0.1) is 11.8 Å². The number of amides is 1. The zero-order valence-electron chi connectivity index (χ0n) is 6.56. The van der Waals surface area contributed by atoms with E-state index in [0.717, 1.165) is 0 Å². The molecule has 2 aromatic rings. The van der Waals surface area contributed by atoms with E-state index in [2.05, 4.69) is 9.68 Å². The predicted octanol–water partition coefficient (Wildman–Crippen LogP) is 1.03. The molecule has 0 fully saturated rings. The standard InChI is InChI=1S/C8H6N2O3/c9-8(11)7-5(4-13-10-7)6-2-1-3-12-6/h1-4H,(H2,9,11). The van der Waals surface area contributed by atoms with Crippen molar-refractivity contribution < 1.29 is 13.7 Å². The molecule has 0 aromatic carbocycles. The number of furan rings is 1. The number of hydrogen-bond donors (Lipinski definition) is 1. The summed E-state index contributed by atoms with van der Waals surface area (Å²) in [6.45, 7) is 0. The average Bonchev–Trinajstić information content (AvgIpc) is 2.74. The van der Waals surface area contributed by atoms with Gasteiger partial charge in [-0.1, -0.05) is 5.16 Å². The lowest BCUT2D eigenvalue weighted by Gasteiger charge is -1.90. The molecular weight excluding hydrogens is 172 g/mol. The monoisotopic (exact) mass is 178 g/mol. The molecule has 0 atom stereocenters. The first-order valence-electron chi connectivity index (χ1n) is 3.57. The van der Waals surface area contributed by atoms with Crippen LogP contribution in [-0.4, -0.2) is 11.1 Å². The molecule has 2 aromatic heterocycles. The van der Waals surface area contributed by atoms with E-state index in [1.54, 1.807) is 12.1 Å². The van der Waals surface area contributed by atoms with E-state index in [1.165, 1.54) is 12.5 Å². The maximum absolute atomic E-state index is 10.8. The number of aromatic nitrogens is 1. The van der Waals surface area contributed by atoms with Gasteiger partial charge in [-0.3, -0.25) is 4.79 Å². The van der Waals surface area contributed by atoms with Crippen LogP contribution in [-0.2, 0) is 0 Å². The second-order valence-corrected chi connectivity index (χ2v) is 2.42. The fourth-order valence-corrected chi connectivity index (χ4v) is 1.02. The fraction of sp³-hybridized carbons (Fsp3) is 0. The third kappa shape index (κ3) is 1.20. The van der Waals surface area contributed by atoms with Crippen LogP contribution in [0.15, 0.2) is 33.6 Å². The van der Waals surface area contributed by atoms with Gasteiger partial charge in [-0.05, 0) is 12.1 Å². The van der Waals surface area contributed by atoms with Crippen LogP contribution in [0.4, 0.5) is 0 Å². The Kier molecular flexibility index (Phi) is 1.63. The first-order chi connectivity index (χ1) is 6.29. The SMILES string of the molecule is NC(=O)c1nocc1-c1ccco1. The van der Waals surface area contributed by atoms with Crippen molar-refractivity contribution >= 4 is 5.91 Å². The van der Waals surface area contributed by atoms with Crippen LogP contribution in [0.1, 0.15) is 10.5 Å². The molecule has 1 amide bonds. The summed E-state index contributed by atoms with van der Waals surface area (Å²) in [5.41, 5.74) is 5.61. The second-order valence-electron chi connectivity index (χ2n) is 2.42. The third-order valence-corrected chi connectivity index (χ3v) is 1.59. The summed E-state index contributed by atoms with van der Waals surface area (Å²) < 4.78 is 9.68. The quantitative estimate of drug-likeness (QED) is 0.744. The first kappa shape index (κ1) is 7.60. The zero-order valence-corrected chi connectivity index (χ0v) is 6.56. The summed E-state index contributed by atoms with van der Waals surface area (Å²) in [5, 5.41) is 3.46. The highest BCUT2D eigenvalue weighted by Gasteiger charge is 2.16. The molecule has 5 heteroatoms. The van der Waals surface area contributed by atoms with Crippen molar-refractivity contribution in [2.24, 2.45) is 5.73 Å². The molecule has 0 saturated carbocycles. The molecule has 0 radical (unpaired) electrons. The molecule has 13 heavy (non-hydrogen) atoms. The molecule has 0 aliphatic heterocycles. The summed E-state index contributed by atoms with van der Waals surface area (Å²) in [4.78, 5) is 10.8. The molecule has 0 bridgehead atoms. The van der Waals surface area contributed by atoms with Crippen LogP contribution in [0.5, 0.6) is 0 Å². The van der Waals surface area contributed by atoms with E-state index in [0.29, 0.717) is 11.3 Å². The second kappa shape index (κ2) is 2.78. The molecule has 5 nitrogen and oxygen atoms in total. The fourth-order valence-electron chi connectivity index (χ4n) is 1.02. The molecule has 2 N–H and O–H groups in total. The van der Waals surface area contributed by atoms with Gasteiger partial charge in [0.25, 0.3) is 5.91 Å². The molecule has 0 saturated heterocycles. The number of carbonyl (C=O) groups excluding carboxylic acids is 1. The Labute approximate surface area is 73.1 Å². The van der Waals surface area contributed by atoms with Crippen LogP contribution in [0, 0.1) is 0 Å². The van der Waals surface area contributed by atoms with Crippen molar-refractivity contribution in [3.05, 3.63) is 30.4 Å². The molecule has 0 aliphatic carbocycles.